The van der Waals surface area contributed by atoms with Gasteiger partial charge in [0, 0.05) is 18.3 Å². The number of hydrogen-bond donors (Lipinski definition) is 1. The molecule has 0 aliphatic carbocycles. The van der Waals surface area contributed by atoms with Crippen molar-refractivity contribution in [3.05, 3.63) is 22.7 Å². The summed E-state index contributed by atoms with van der Waals surface area (Å²) in [4.78, 5) is 0. The van der Waals surface area contributed by atoms with E-state index in [1.807, 2.05) is 12.1 Å². The molecule has 2 nitrogen and oxygen atoms in total. The minimum Gasteiger partial charge on any atom is -0.495 e. The van der Waals surface area contributed by atoms with Crippen LogP contribution in [0.4, 0.5) is 5.69 Å². The zero-order valence-corrected chi connectivity index (χ0v) is 13.1. The van der Waals surface area contributed by atoms with Crippen LogP contribution in [0, 0.1) is 0 Å². The highest BCUT2D eigenvalue weighted by molar-refractivity contribution is 9.10. The van der Waals surface area contributed by atoms with Gasteiger partial charge >= 0.3 is 0 Å². The Bertz CT molecular complexity index is 341. The Kier molecular flexibility index (Phi) is 7.90. The van der Waals surface area contributed by atoms with Crippen molar-refractivity contribution in [3.63, 3.8) is 0 Å². The standard InChI is InChI=1S/C15H24BrNO/c1-3-4-5-6-7-8-11-17-13-9-10-14(16)15(12-13)18-2/h9-10,12,17H,3-8,11H2,1-2H3. The van der Waals surface area contributed by atoms with E-state index in [4.69, 9.17) is 4.74 Å². The fourth-order valence-corrected chi connectivity index (χ4v) is 2.32. The van der Waals surface area contributed by atoms with Gasteiger partial charge in [0.2, 0.25) is 0 Å². The smallest absolute Gasteiger partial charge is 0.135 e. The Labute approximate surface area is 119 Å². The molecule has 0 unspecified atom stereocenters. The van der Waals surface area contributed by atoms with Gasteiger partial charge in [0.15, 0.2) is 0 Å². The predicted molar refractivity (Wildman–Crippen MR) is 82.6 cm³/mol. The van der Waals surface area contributed by atoms with Gasteiger partial charge in [-0.2, -0.15) is 0 Å². The summed E-state index contributed by atoms with van der Waals surface area (Å²) in [5.74, 6) is 0.878. The molecule has 1 rings (SSSR count). The predicted octanol–water partition coefficient (Wildman–Crippen LogP) is 5.23. The van der Waals surface area contributed by atoms with E-state index in [2.05, 4.69) is 34.2 Å². The van der Waals surface area contributed by atoms with E-state index in [1.54, 1.807) is 7.11 Å². The van der Waals surface area contributed by atoms with Crippen LogP contribution in [0.3, 0.4) is 0 Å². The average molecular weight is 314 g/mol. The maximum absolute atomic E-state index is 5.27. The molecule has 1 aromatic rings. The molecule has 0 spiro atoms. The summed E-state index contributed by atoms with van der Waals surface area (Å²) in [7, 11) is 1.69. The minimum absolute atomic E-state index is 0.878. The first kappa shape index (κ1) is 15.4. The van der Waals surface area contributed by atoms with Crippen molar-refractivity contribution in [2.24, 2.45) is 0 Å². The van der Waals surface area contributed by atoms with Crippen LogP contribution in [0.5, 0.6) is 5.75 Å². The molecule has 0 aromatic heterocycles. The van der Waals surface area contributed by atoms with Crippen LogP contribution in [-0.2, 0) is 0 Å². The molecule has 0 saturated carbocycles. The highest BCUT2D eigenvalue weighted by Crippen LogP contribution is 2.27. The lowest BCUT2D eigenvalue weighted by molar-refractivity contribution is 0.412. The molecule has 0 saturated heterocycles. The highest BCUT2D eigenvalue weighted by Gasteiger charge is 2.00. The summed E-state index contributed by atoms with van der Waals surface area (Å²) < 4.78 is 6.27. The molecule has 1 N–H and O–H groups in total. The maximum Gasteiger partial charge on any atom is 0.135 e. The summed E-state index contributed by atoms with van der Waals surface area (Å²) >= 11 is 3.45. The van der Waals surface area contributed by atoms with Crippen LogP contribution < -0.4 is 10.1 Å². The fourth-order valence-electron chi connectivity index (χ4n) is 1.91. The third-order valence-corrected chi connectivity index (χ3v) is 3.67. The molecule has 1 aromatic carbocycles. The van der Waals surface area contributed by atoms with Crippen molar-refractivity contribution >= 4 is 21.6 Å². The van der Waals surface area contributed by atoms with Crippen LogP contribution in [0.15, 0.2) is 22.7 Å². The molecule has 3 heteroatoms. The monoisotopic (exact) mass is 313 g/mol. The average Bonchev–Trinajstić information content (AvgIpc) is 2.39. The Morgan fingerprint density at radius 2 is 1.83 bits per heavy atom. The first-order valence-corrected chi connectivity index (χ1v) is 7.64. The molecule has 102 valence electrons. The van der Waals surface area contributed by atoms with Gasteiger partial charge in [-0.25, -0.2) is 0 Å². The fraction of sp³-hybridized carbons (Fsp3) is 0.600. The molecule has 0 atom stereocenters. The summed E-state index contributed by atoms with van der Waals surface area (Å²) in [5.41, 5.74) is 1.13. The number of nitrogens with one attached hydrogen (secondary N) is 1. The van der Waals surface area contributed by atoms with E-state index in [0.717, 1.165) is 22.5 Å². The van der Waals surface area contributed by atoms with E-state index in [9.17, 15) is 0 Å². The normalized spacial score (nSPS) is 10.4. The lowest BCUT2D eigenvalue weighted by atomic mass is 10.1. The SMILES string of the molecule is CCCCCCCCNc1ccc(Br)c(OC)c1. The number of methoxy groups -OCH3 is 1. The molecular formula is C15H24BrNO. The van der Waals surface area contributed by atoms with Crippen molar-refractivity contribution in [1.82, 2.24) is 0 Å². The third-order valence-electron chi connectivity index (χ3n) is 3.01. The van der Waals surface area contributed by atoms with E-state index in [-0.39, 0.29) is 0 Å². The first-order valence-electron chi connectivity index (χ1n) is 6.85. The van der Waals surface area contributed by atoms with Gasteiger partial charge in [-0.1, -0.05) is 39.0 Å². The van der Waals surface area contributed by atoms with Gasteiger partial charge in [0.1, 0.15) is 5.75 Å². The van der Waals surface area contributed by atoms with Crippen molar-refractivity contribution in [3.8, 4) is 5.75 Å². The van der Waals surface area contributed by atoms with Gasteiger partial charge in [-0.3, -0.25) is 0 Å². The number of benzene rings is 1. The molecule has 0 amide bonds. The Balaban J connectivity index is 2.19. The number of anilines is 1. The van der Waals surface area contributed by atoms with Gasteiger partial charge in [0.05, 0.1) is 11.6 Å². The molecular weight excluding hydrogens is 290 g/mol. The second-order valence-corrected chi connectivity index (χ2v) is 5.40. The lowest BCUT2D eigenvalue weighted by Gasteiger charge is -2.09. The van der Waals surface area contributed by atoms with Crippen molar-refractivity contribution < 1.29 is 4.74 Å². The van der Waals surface area contributed by atoms with Crippen LogP contribution in [0.25, 0.3) is 0 Å². The Morgan fingerprint density at radius 1 is 1.11 bits per heavy atom. The maximum atomic E-state index is 5.27. The molecule has 0 radical (unpaired) electrons. The molecule has 0 fully saturated rings. The number of hydrogen-bond acceptors (Lipinski definition) is 2. The quantitative estimate of drug-likeness (QED) is 0.630. The summed E-state index contributed by atoms with van der Waals surface area (Å²) in [6.45, 7) is 3.29. The number of ether oxygens (including phenoxy) is 1. The summed E-state index contributed by atoms with van der Waals surface area (Å²) in [6, 6.07) is 6.12. The Morgan fingerprint density at radius 3 is 2.56 bits per heavy atom. The third kappa shape index (κ3) is 5.76. The van der Waals surface area contributed by atoms with Crippen LogP contribution in [0.1, 0.15) is 45.4 Å². The molecule has 0 aliphatic rings. The van der Waals surface area contributed by atoms with E-state index >= 15 is 0 Å². The van der Waals surface area contributed by atoms with Crippen molar-refractivity contribution in [1.29, 1.82) is 0 Å². The van der Waals surface area contributed by atoms with Crippen LogP contribution in [0.2, 0.25) is 0 Å². The van der Waals surface area contributed by atoms with Crippen molar-refractivity contribution in [2.45, 2.75) is 45.4 Å². The minimum atomic E-state index is 0.878. The van der Waals surface area contributed by atoms with Crippen LogP contribution >= 0.6 is 15.9 Å². The summed E-state index contributed by atoms with van der Waals surface area (Å²) in [6.07, 6.45) is 7.98. The molecule has 0 heterocycles. The molecule has 0 bridgehead atoms. The number of rotatable bonds is 9. The second kappa shape index (κ2) is 9.26. The zero-order valence-electron chi connectivity index (χ0n) is 11.5. The van der Waals surface area contributed by atoms with E-state index in [0.29, 0.717) is 0 Å². The Hall–Kier alpha value is -0.700. The zero-order chi connectivity index (χ0) is 13.2. The highest BCUT2D eigenvalue weighted by atomic mass is 79.9. The topological polar surface area (TPSA) is 21.3 Å². The van der Waals surface area contributed by atoms with E-state index < -0.39 is 0 Å². The van der Waals surface area contributed by atoms with E-state index in [1.165, 1.54) is 38.5 Å². The second-order valence-electron chi connectivity index (χ2n) is 4.54. The number of unbranched alkanes of at least 4 members (excludes halogenated alkanes) is 5. The van der Waals surface area contributed by atoms with Gasteiger partial charge < -0.3 is 10.1 Å². The van der Waals surface area contributed by atoms with Gasteiger partial charge in [-0.15, -0.1) is 0 Å². The van der Waals surface area contributed by atoms with Gasteiger partial charge in [-0.05, 0) is 34.5 Å². The number of halogens is 1. The van der Waals surface area contributed by atoms with Crippen molar-refractivity contribution in [2.75, 3.05) is 19.0 Å². The first-order chi connectivity index (χ1) is 8.77. The van der Waals surface area contributed by atoms with Crippen LogP contribution in [-0.4, -0.2) is 13.7 Å². The largest absolute Gasteiger partial charge is 0.495 e. The molecule has 18 heavy (non-hydrogen) atoms. The summed E-state index contributed by atoms with van der Waals surface area (Å²) in [5, 5.41) is 3.44. The molecule has 0 aliphatic heterocycles. The van der Waals surface area contributed by atoms with Gasteiger partial charge in [0.25, 0.3) is 0 Å². The lowest BCUT2D eigenvalue weighted by Crippen LogP contribution is -2.01.